The van der Waals surface area contributed by atoms with Crippen molar-refractivity contribution in [2.75, 3.05) is 19.5 Å². The van der Waals surface area contributed by atoms with Crippen LogP contribution in [0.3, 0.4) is 0 Å². The van der Waals surface area contributed by atoms with Crippen molar-refractivity contribution in [1.82, 2.24) is 9.78 Å². The van der Waals surface area contributed by atoms with Crippen molar-refractivity contribution in [2.45, 2.75) is 13.5 Å². The maximum absolute atomic E-state index is 13.4. The molecule has 7 heteroatoms. The van der Waals surface area contributed by atoms with Gasteiger partial charge in [0.15, 0.2) is 11.5 Å². The highest BCUT2D eigenvalue weighted by molar-refractivity contribution is 6.03. The minimum Gasteiger partial charge on any atom is -0.493 e. The molecule has 0 aliphatic rings. The fourth-order valence-electron chi connectivity index (χ4n) is 2.74. The first kappa shape index (κ1) is 18.4. The van der Waals surface area contributed by atoms with Crippen LogP contribution < -0.4 is 14.8 Å². The van der Waals surface area contributed by atoms with Crippen LogP contribution in [0.1, 0.15) is 21.6 Å². The van der Waals surface area contributed by atoms with Crippen molar-refractivity contribution in [2.24, 2.45) is 0 Å². The molecular formula is C20H20FN3O3. The van der Waals surface area contributed by atoms with E-state index in [-0.39, 0.29) is 5.56 Å². The average molecular weight is 369 g/mol. The highest BCUT2D eigenvalue weighted by Gasteiger charge is 2.13. The van der Waals surface area contributed by atoms with Gasteiger partial charge in [0.05, 0.1) is 26.5 Å². The topological polar surface area (TPSA) is 65.4 Å². The lowest BCUT2D eigenvalue weighted by molar-refractivity contribution is 0.102. The van der Waals surface area contributed by atoms with Crippen molar-refractivity contribution in [3.8, 4) is 11.5 Å². The third-order valence-corrected chi connectivity index (χ3v) is 4.01. The lowest BCUT2D eigenvalue weighted by Crippen LogP contribution is -2.16. The van der Waals surface area contributed by atoms with E-state index >= 15 is 0 Å². The molecule has 27 heavy (non-hydrogen) atoms. The molecular weight excluding hydrogens is 349 g/mol. The van der Waals surface area contributed by atoms with E-state index in [0.717, 1.165) is 11.3 Å². The van der Waals surface area contributed by atoms with E-state index in [2.05, 4.69) is 10.4 Å². The Morgan fingerprint density at radius 3 is 2.59 bits per heavy atom. The number of amides is 1. The zero-order valence-electron chi connectivity index (χ0n) is 15.3. The number of nitrogens with one attached hydrogen (secondary N) is 1. The molecule has 0 bridgehead atoms. The molecule has 0 spiro atoms. The van der Waals surface area contributed by atoms with E-state index < -0.39 is 11.7 Å². The van der Waals surface area contributed by atoms with Gasteiger partial charge in [-0.3, -0.25) is 4.79 Å². The molecule has 1 N–H and O–H groups in total. The first-order valence-corrected chi connectivity index (χ1v) is 8.32. The van der Waals surface area contributed by atoms with Gasteiger partial charge in [-0.2, -0.15) is 5.10 Å². The Morgan fingerprint density at radius 1 is 1.11 bits per heavy atom. The van der Waals surface area contributed by atoms with Gasteiger partial charge in [-0.15, -0.1) is 0 Å². The van der Waals surface area contributed by atoms with Crippen molar-refractivity contribution in [3.63, 3.8) is 0 Å². The molecule has 6 nitrogen and oxygen atoms in total. The lowest BCUT2D eigenvalue weighted by Gasteiger charge is -2.12. The van der Waals surface area contributed by atoms with Crippen LogP contribution in [-0.4, -0.2) is 29.9 Å². The number of aryl methyl sites for hydroxylation is 1. The van der Waals surface area contributed by atoms with Gasteiger partial charge in [0.2, 0.25) is 0 Å². The maximum atomic E-state index is 13.4. The molecule has 3 aromatic rings. The van der Waals surface area contributed by atoms with Crippen LogP contribution in [0.4, 0.5) is 10.2 Å². The lowest BCUT2D eigenvalue weighted by atomic mass is 10.2. The van der Waals surface area contributed by atoms with Gasteiger partial charge >= 0.3 is 0 Å². The summed E-state index contributed by atoms with van der Waals surface area (Å²) in [5, 5.41) is 7.21. The van der Waals surface area contributed by atoms with Gasteiger partial charge in [-0.05, 0) is 42.8 Å². The number of carbonyl (C=O) groups excluding carboxylic acids is 1. The maximum Gasteiger partial charge on any atom is 0.256 e. The molecule has 0 aliphatic heterocycles. The summed E-state index contributed by atoms with van der Waals surface area (Å²) in [6.07, 6.45) is 0. The number of carbonyl (C=O) groups is 1. The fourth-order valence-corrected chi connectivity index (χ4v) is 2.74. The molecule has 0 fully saturated rings. The number of halogens is 1. The SMILES string of the molecule is COc1ccc(Cn2nc(C)cc2NC(=O)c2cccc(F)c2)cc1OC. The van der Waals surface area contributed by atoms with E-state index in [1.165, 1.54) is 18.2 Å². The van der Waals surface area contributed by atoms with Gasteiger partial charge < -0.3 is 14.8 Å². The third kappa shape index (κ3) is 4.25. The number of aromatic nitrogens is 2. The Labute approximate surface area is 156 Å². The summed E-state index contributed by atoms with van der Waals surface area (Å²) in [5.74, 6) is 0.916. The first-order chi connectivity index (χ1) is 13.0. The molecule has 3 rings (SSSR count). The van der Waals surface area contributed by atoms with Crippen LogP contribution in [0.2, 0.25) is 0 Å². The van der Waals surface area contributed by atoms with Crippen LogP contribution in [0.5, 0.6) is 11.5 Å². The second kappa shape index (κ2) is 7.90. The predicted molar refractivity (Wildman–Crippen MR) is 100.0 cm³/mol. The fraction of sp³-hybridized carbons (Fsp3) is 0.200. The van der Waals surface area contributed by atoms with Crippen LogP contribution in [0, 0.1) is 12.7 Å². The number of benzene rings is 2. The zero-order valence-corrected chi connectivity index (χ0v) is 15.3. The van der Waals surface area contributed by atoms with Gasteiger partial charge in [0, 0.05) is 11.6 Å². The van der Waals surface area contributed by atoms with Crippen LogP contribution >= 0.6 is 0 Å². The molecule has 140 valence electrons. The quantitative estimate of drug-likeness (QED) is 0.720. The molecule has 0 radical (unpaired) electrons. The van der Waals surface area contributed by atoms with Crippen molar-refractivity contribution in [1.29, 1.82) is 0 Å². The van der Waals surface area contributed by atoms with Gasteiger partial charge in [0.25, 0.3) is 5.91 Å². The summed E-state index contributed by atoms with van der Waals surface area (Å²) in [6, 6.07) is 12.9. The average Bonchev–Trinajstić information content (AvgIpc) is 3.00. The van der Waals surface area contributed by atoms with E-state index in [1.807, 2.05) is 25.1 Å². The molecule has 1 amide bonds. The highest BCUT2D eigenvalue weighted by Crippen LogP contribution is 2.28. The zero-order chi connectivity index (χ0) is 19.4. The summed E-state index contributed by atoms with van der Waals surface area (Å²) in [6.45, 7) is 2.26. The van der Waals surface area contributed by atoms with Crippen molar-refractivity contribution in [3.05, 3.63) is 71.2 Å². The minimum absolute atomic E-state index is 0.242. The van der Waals surface area contributed by atoms with Crippen LogP contribution in [0.15, 0.2) is 48.5 Å². The third-order valence-electron chi connectivity index (χ3n) is 4.01. The van der Waals surface area contributed by atoms with Gasteiger partial charge in [-0.1, -0.05) is 12.1 Å². The summed E-state index contributed by atoms with van der Waals surface area (Å²) >= 11 is 0. The van der Waals surface area contributed by atoms with E-state index in [4.69, 9.17) is 9.47 Å². The number of nitrogens with zero attached hydrogens (tertiary/aromatic N) is 2. The molecule has 0 saturated heterocycles. The second-order valence-corrected chi connectivity index (χ2v) is 5.98. The Balaban J connectivity index is 1.83. The van der Waals surface area contributed by atoms with Crippen LogP contribution in [-0.2, 0) is 6.54 Å². The number of hydrogen-bond donors (Lipinski definition) is 1. The molecule has 1 heterocycles. The van der Waals surface area contributed by atoms with E-state index in [9.17, 15) is 9.18 Å². The minimum atomic E-state index is -0.460. The molecule has 0 atom stereocenters. The second-order valence-electron chi connectivity index (χ2n) is 5.98. The molecule has 0 saturated carbocycles. The molecule has 0 unspecified atom stereocenters. The number of hydrogen-bond acceptors (Lipinski definition) is 4. The molecule has 1 aromatic heterocycles. The largest absolute Gasteiger partial charge is 0.493 e. The van der Waals surface area contributed by atoms with Gasteiger partial charge in [-0.25, -0.2) is 9.07 Å². The summed E-state index contributed by atoms with van der Waals surface area (Å²) in [5.41, 5.74) is 1.92. The predicted octanol–water partition coefficient (Wildman–Crippen LogP) is 3.65. The normalized spacial score (nSPS) is 10.5. The Morgan fingerprint density at radius 2 is 1.89 bits per heavy atom. The number of anilines is 1. The smallest absolute Gasteiger partial charge is 0.256 e. The summed E-state index contributed by atoms with van der Waals surface area (Å²) in [4.78, 5) is 12.4. The standard InChI is InChI=1S/C20H20FN3O3/c1-13-9-19(22-20(25)15-5-4-6-16(21)11-15)24(23-13)12-14-7-8-17(26-2)18(10-14)27-3/h4-11H,12H2,1-3H3,(H,22,25). The summed E-state index contributed by atoms with van der Waals surface area (Å²) in [7, 11) is 3.15. The Hall–Kier alpha value is -3.35. The summed E-state index contributed by atoms with van der Waals surface area (Å²) < 4.78 is 25.6. The number of rotatable bonds is 6. The molecule has 0 aliphatic carbocycles. The number of ether oxygens (including phenoxy) is 2. The van der Waals surface area contributed by atoms with Crippen LogP contribution in [0.25, 0.3) is 0 Å². The monoisotopic (exact) mass is 369 g/mol. The van der Waals surface area contributed by atoms with Crippen molar-refractivity contribution >= 4 is 11.7 Å². The van der Waals surface area contributed by atoms with E-state index in [1.54, 1.807) is 31.0 Å². The van der Waals surface area contributed by atoms with Crippen molar-refractivity contribution < 1.29 is 18.7 Å². The Kier molecular flexibility index (Phi) is 5.40. The van der Waals surface area contributed by atoms with E-state index in [0.29, 0.717) is 23.9 Å². The number of methoxy groups -OCH3 is 2. The highest BCUT2D eigenvalue weighted by atomic mass is 19.1. The van der Waals surface area contributed by atoms with Gasteiger partial charge in [0.1, 0.15) is 11.6 Å². The first-order valence-electron chi connectivity index (χ1n) is 8.32. The Bertz CT molecular complexity index is 969. The molecule has 2 aromatic carbocycles.